The molecule has 1 aromatic heterocycles. The highest BCUT2D eigenvalue weighted by molar-refractivity contribution is 7.89. The number of nitrogens with one attached hydrogen (secondary N) is 1. The molecule has 0 radical (unpaired) electrons. The monoisotopic (exact) mass is 485 g/mol. The minimum Gasteiger partial charge on any atom is -0.497 e. The van der Waals surface area contributed by atoms with E-state index in [2.05, 4.69) is 10.3 Å². The summed E-state index contributed by atoms with van der Waals surface area (Å²) < 4.78 is 43.7. The van der Waals surface area contributed by atoms with Gasteiger partial charge in [-0.05, 0) is 54.6 Å². The number of pyridine rings is 1. The van der Waals surface area contributed by atoms with Crippen LogP contribution in [0.4, 0.5) is 5.69 Å². The van der Waals surface area contributed by atoms with E-state index in [4.69, 9.17) is 14.2 Å². The fraction of sp³-hybridized carbons (Fsp3) is 0.250. The molecule has 3 aromatic rings. The number of aromatic nitrogens is 1. The summed E-state index contributed by atoms with van der Waals surface area (Å²) >= 11 is 0. The van der Waals surface area contributed by atoms with Crippen LogP contribution in [0.15, 0.2) is 65.7 Å². The molecule has 34 heavy (non-hydrogen) atoms. The molecule has 0 saturated carbocycles. The van der Waals surface area contributed by atoms with E-state index >= 15 is 0 Å². The van der Waals surface area contributed by atoms with E-state index in [0.717, 1.165) is 0 Å². The molecule has 0 spiro atoms. The fourth-order valence-corrected chi connectivity index (χ4v) is 4.88. The van der Waals surface area contributed by atoms with Crippen LogP contribution >= 0.6 is 0 Å². The molecule has 0 aliphatic heterocycles. The molecule has 180 valence electrons. The molecule has 1 heterocycles. The van der Waals surface area contributed by atoms with Crippen molar-refractivity contribution >= 4 is 21.6 Å². The number of amides is 1. The van der Waals surface area contributed by atoms with Crippen molar-refractivity contribution in [2.75, 3.05) is 32.6 Å². The highest BCUT2D eigenvalue weighted by Gasteiger charge is 2.27. The van der Waals surface area contributed by atoms with Crippen LogP contribution in [0, 0.1) is 0 Å². The number of hydrogen-bond acceptors (Lipinski definition) is 7. The summed E-state index contributed by atoms with van der Waals surface area (Å²) in [6.45, 7) is 4.08. The predicted octanol–water partition coefficient (Wildman–Crippen LogP) is 4.17. The van der Waals surface area contributed by atoms with Crippen molar-refractivity contribution in [3.63, 3.8) is 0 Å². The maximum Gasteiger partial charge on any atom is 0.255 e. The fourth-order valence-electron chi connectivity index (χ4n) is 3.24. The first-order valence-corrected chi connectivity index (χ1v) is 12.0. The summed E-state index contributed by atoms with van der Waals surface area (Å²) in [5.74, 6) is 1.01. The van der Waals surface area contributed by atoms with Gasteiger partial charge in [0.15, 0.2) is 0 Å². The van der Waals surface area contributed by atoms with Crippen molar-refractivity contribution in [2.24, 2.45) is 0 Å². The van der Waals surface area contributed by atoms with Gasteiger partial charge in [-0.1, -0.05) is 13.8 Å². The smallest absolute Gasteiger partial charge is 0.255 e. The molecule has 10 heteroatoms. The number of carbonyl (C=O) groups excluding carboxylic acids is 1. The zero-order chi connectivity index (χ0) is 24.7. The first kappa shape index (κ1) is 25.0. The molecule has 0 atom stereocenters. The third kappa shape index (κ3) is 5.46. The number of anilines is 1. The molecule has 0 bridgehead atoms. The minimum atomic E-state index is -3.85. The standard InChI is InChI=1S/C24H27N3O6S/c1-5-27(6-2)34(29,30)22-16-17(9-14-21(22)32-4)23(28)26-20-8-7-15-25-24(20)33-19-12-10-18(31-3)11-13-19/h7-16H,5-6H2,1-4H3,(H,26,28). The van der Waals surface area contributed by atoms with Crippen LogP contribution < -0.4 is 19.5 Å². The van der Waals surface area contributed by atoms with Crippen LogP contribution in [-0.4, -0.2) is 50.9 Å². The van der Waals surface area contributed by atoms with Gasteiger partial charge in [0, 0.05) is 24.8 Å². The van der Waals surface area contributed by atoms with Gasteiger partial charge in [-0.15, -0.1) is 0 Å². The van der Waals surface area contributed by atoms with E-state index in [1.165, 1.54) is 35.8 Å². The Morgan fingerprint density at radius 2 is 1.65 bits per heavy atom. The number of rotatable bonds is 10. The van der Waals surface area contributed by atoms with Crippen LogP contribution in [0.1, 0.15) is 24.2 Å². The number of methoxy groups -OCH3 is 2. The number of hydrogen-bond donors (Lipinski definition) is 1. The SMILES string of the molecule is CCN(CC)S(=O)(=O)c1cc(C(=O)Nc2cccnc2Oc2ccc(OC)cc2)ccc1OC. The van der Waals surface area contributed by atoms with Gasteiger partial charge in [-0.2, -0.15) is 4.31 Å². The second kappa shape index (κ2) is 11.0. The van der Waals surface area contributed by atoms with E-state index in [0.29, 0.717) is 30.3 Å². The zero-order valence-corrected chi connectivity index (χ0v) is 20.3. The van der Waals surface area contributed by atoms with Crippen LogP contribution in [0.5, 0.6) is 23.1 Å². The second-order valence-electron chi connectivity index (χ2n) is 7.04. The lowest BCUT2D eigenvalue weighted by Crippen LogP contribution is -2.31. The summed E-state index contributed by atoms with van der Waals surface area (Å²) in [5.41, 5.74) is 0.470. The molecule has 0 fully saturated rings. The van der Waals surface area contributed by atoms with E-state index in [-0.39, 0.29) is 22.1 Å². The summed E-state index contributed by atoms with van der Waals surface area (Å²) in [4.78, 5) is 17.2. The molecule has 0 unspecified atom stereocenters. The molecular formula is C24H27N3O6S. The lowest BCUT2D eigenvalue weighted by atomic mass is 10.2. The first-order valence-electron chi connectivity index (χ1n) is 10.6. The van der Waals surface area contributed by atoms with E-state index in [1.54, 1.807) is 57.4 Å². The van der Waals surface area contributed by atoms with Crippen LogP contribution in [-0.2, 0) is 10.0 Å². The van der Waals surface area contributed by atoms with Gasteiger partial charge in [0.25, 0.3) is 5.91 Å². The minimum absolute atomic E-state index is 0.0766. The Labute approximate surface area is 199 Å². The van der Waals surface area contributed by atoms with E-state index in [9.17, 15) is 13.2 Å². The van der Waals surface area contributed by atoms with Gasteiger partial charge in [0.2, 0.25) is 15.9 Å². The third-order valence-electron chi connectivity index (χ3n) is 5.04. The van der Waals surface area contributed by atoms with Crippen molar-refractivity contribution in [2.45, 2.75) is 18.7 Å². The number of nitrogens with zero attached hydrogens (tertiary/aromatic N) is 2. The molecule has 9 nitrogen and oxygen atoms in total. The Hall–Kier alpha value is -3.63. The molecule has 2 aromatic carbocycles. The molecule has 1 amide bonds. The van der Waals surface area contributed by atoms with E-state index in [1.807, 2.05) is 0 Å². The maximum absolute atomic E-state index is 13.1. The van der Waals surface area contributed by atoms with Crippen molar-refractivity contribution in [1.82, 2.24) is 9.29 Å². The Morgan fingerprint density at radius 3 is 2.26 bits per heavy atom. The Morgan fingerprint density at radius 1 is 0.971 bits per heavy atom. The van der Waals surface area contributed by atoms with Gasteiger partial charge in [-0.3, -0.25) is 4.79 Å². The lowest BCUT2D eigenvalue weighted by Gasteiger charge is -2.20. The normalized spacial score (nSPS) is 11.2. The lowest BCUT2D eigenvalue weighted by molar-refractivity contribution is 0.102. The molecule has 0 aliphatic rings. The Bertz CT molecular complexity index is 1240. The average molecular weight is 486 g/mol. The first-order chi connectivity index (χ1) is 16.3. The number of carbonyl (C=O) groups is 1. The van der Waals surface area contributed by atoms with Crippen molar-refractivity contribution in [3.05, 3.63) is 66.4 Å². The topological polar surface area (TPSA) is 107 Å². The molecule has 3 rings (SSSR count). The van der Waals surface area contributed by atoms with Crippen molar-refractivity contribution in [3.8, 4) is 23.1 Å². The van der Waals surface area contributed by atoms with Crippen LogP contribution in [0.3, 0.4) is 0 Å². The van der Waals surface area contributed by atoms with E-state index < -0.39 is 15.9 Å². The molecule has 0 saturated heterocycles. The summed E-state index contributed by atoms with van der Waals surface area (Å²) in [5, 5.41) is 2.74. The van der Waals surface area contributed by atoms with Gasteiger partial charge in [-0.25, -0.2) is 13.4 Å². The Kier molecular flexibility index (Phi) is 8.08. The van der Waals surface area contributed by atoms with Gasteiger partial charge >= 0.3 is 0 Å². The number of ether oxygens (including phenoxy) is 3. The number of sulfonamides is 1. The maximum atomic E-state index is 13.1. The third-order valence-corrected chi connectivity index (χ3v) is 7.11. The quantitative estimate of drug-likeness (QED) is 0.459. The second-order valence-corrected chi connectivity index (χ2v) is 8.95. The van der Waals surface area contributed by atoms with Gasteiger partial charge < -0.3 is 19.5 Å². The van der Waals surface area contributed by atoms with Crippen molar-refractivity contribution < 1.29 is 27.4 Å². The average Bonchev–Trinajstić information content (AvgIpc) is 2.85. The Balaban J connectivity index is 1.89. The highest BCUT2D eigenvalue weighted by Crippen LogP contribution is 2.30. The largest absolute Gasteiger partial charge is 0.497 e. The number of benzene rings is 2. The van der Waals surface area contributed by atoms with Gasteiger partial charge in [0.05, 0.1) is 14.2 Å². The molecule has 1 N–H and O–H groups in total. The summed E-state index contributed by atoms with van der Waals surface area (Å²) in [6.07, 6.45) is 1.54. The highest BCUT2D eigenvalue weighted by atomic mass is 32.2. The van der Waals surface area contributed by atoms with Crippen molar-refractivity contribution in [1.29, 1.82) is 0 Å². The summed E-state index contributed by atoms with van der Waals surface area (Å²) in [7, 11) is -0.893. The molecular weight excluding hydrogens is 458 g/mol. The predicted molar refractivity (Wildman–Crippen MR) is 128 cm³/mol. The van der Waals surface area contributed by atoms with Gasteiger partial charge in [0.1, 0.15) is 27.8 Å². The zero-order valence-electron chi connectivity index (χ0n) is 19.4. The van der Waals surface area contributed by atoms with Crippen LogP contribution in [0.2, 0.25) is 0 Å². The molecule has 0 aliphatic carbocycles. The summed E-state index contributed by atoms with van der Waals surface area (Å²) in [6, 6.07) is 14.5. The van der Waals surface area contributed by atoms with Crippen LogP contribution in [0.25, 0.3) is 0 Å².